The Kier molecular flexibility index (Phi) is 2.27. The average molecular weight is 223 g/mol. The second kappa shape index (κ2) is 3.62. The van der Waals surface area contributed by atoms with Crippen LogP contribution < -0.4 is 16.4 Å². The van der Waals surface area contributed by atoms with E-state index in [0.29, 0.717) is 5.92 Å². The lowest BCUT2D eigenvalue weighted by Gasteiger charge is -2.07. The Morgan fingerprint density at radius 1 is 1.53 bits per heavy atom. The van der Waals surface area contributed by atoms with Crippen LogP contribution in [0.4, 0.5) is 5.69 Å². The molecule has 15 heavy (non-hydrogen) atoms. The summed E-state index contributed by atoms with van der Waals surface area (Å²) in [7, 11) is 0. The van der Waals surface area contributed by atoms with Crippen molar-refractivity contribution in [2.24, 2.45) is 5.73 Å². The fourth-order valence-electron chi connectivity index (χ4n) is 1.94. The number of fused-ring (bicyclic) bond motifs is 1. The van der Waals surface area contributed by atoms with Crippen LogP contribution in [0.25, 0.3) is 0 Å². The van der Waals surface area contributed by atoms with Crippen LogP contribution in [-0.2, 0) is 0 Å². The number of rotatable bonds is 1. The van der Waals surface area contributed by atoms with Gasteiger partial charge in [-0.25, -0.2) is 9.97 Å². The molecular formula is C9H13N5S. The van der Waals surface area contributed by atoms with E-state index >= 15 is 0 Å². The largest absolute Gasteiger partial charge is 0.358 e. The minimum atomic E-state index is -0.0775. The van der Waals surface area contributed by atoms with Crippen LogP contribution in [0.5, 0.6) is 0 Å². The lowest BCUT2D eigenvalue weighted by molar-refractivity contribution is 0.690. The Hall–Kier alpha value is -0.850. The Labute approximate surface area is 92.2 Å². The first kappa shape index (κ1) is 9.38. The van der Waals surface area contributed by atoms with E-state index in [1.165, 1.54) is 0 Å². The van der Waals surface area contributed by atoms with Crippen LogP contribution in [0.15, 0.2) is 11.2 Å². The van der Waals surface area contributed by atoms with E-state index in [0.717, 1.165) is 36.0 Å². The molecule has 1 saturated heterocycles. The Morgan fingerprint density at radius 2 is 2.47 bits per heavy atom. The van der Waals surface area contributed by atoms with E-state index in [4.69, 9.17) is 5.73 Å². The third kappa shape index (κ3) is 1.68. The minimum absolute atomic E-state index is 0.0775. The fraction of sp³-hybridized carbons (Fsp3) is 0.556. The highest BCUT2D eigenvalue weighted by molar-refractivity contribution is 8.00. The average Bonchev–Trinajstić information content (AvgIpc) is 2.82. The molecule has 0 bridgehead atoms. The van der Waals surface area contributed by atoms with Crippen molar-refractivity contribution in [1.29, 1.82) is 0 Å². The third-order valence-corrected chi connectivity index (χ3v) is 3.64. The van der Waals surface area contributed by atoms with Gasteiger partial charge in [-0.1, -0.05) is 11.8 Å². The summed E-state index contributed by atoms with van der Waals surface area (Å²) in [5, 5.41) is 7.42. The number of nitrogens with zero attached hydrogens (tertiary/aromatic N) is 2. The summed E-state index contributed by atoms with van der Waals surface area (Å²) in [5.74, 6) is 1.41. The summed E-state index contributed by atoms with van der Waals surface area (Å²) < 4.78 is 0. The van der Waals surface area contributed by atoms with Gasteiger partial charge in [-0.2, -0.15) is 0 Å². The van der Waals surface area contributed by atoms with E-state index in [1.807, 2.05) is 6.20 Å². The van der Waals surface area contributed by atoms with Gasteiger partial charge in [0.2, 0.25) is 0 Å². The van der Waals surface area contributed by atoms with Gasteiger partial charge in [-0.05, 0) is 13.0 Å². The van der Waals surface area contributed by atoms with E-state index < -0.39 is 0 Å². The van der Waals surface area contributed by atoms with Gasteiger partial charge in [0.1, 0.15) is 16.3 Å². The molecule has 1 aromatic heterocycles. The lowest BCUT2D eigenvalue weighted by atomic mass is 10.1. The molecule has 2 atom stereocenters. The van der Waals surface area contributed by atoms with E-state index in [9.17, 15) is 0 Å². The van der Waals surface area contributed by atoms with Crippen molar-refractivity contribution in [2.75, 3.05) is 18.4 Å². The van der Waals surface area contributed by atoms with Crippen LogP contribution >= 0.6 is 11.8 Å². The van der Waals surface area contributed by atoms with Gasteiger partial charge in [-0.3, -0.25) is 0 Å². The predicted molar refractivity (Wildman–Crippen MR) is 59.7 cm³/mol. The van der Waals surface area contributed by atoms with Gasteiger partial charge >= 0.3 is 0 Å². The zero-order valence-electron chi connectivity index (χ0n) is 8.23. The first-order chi connectivity index (χ1) is 7.33. The monoisotopic (exact) mass is 223 g/mol. The number of aromatic nitrogens is 2. The van der Waals surface area contributed by atoms with Gasteiger partial charge in [0.05, 0.1) is 11.9 Å². The molecule has 0 amide bonds. The summed E-state index contributed by atoms with van der Waals surface area (Å²) in [4.78, 5) is 8.94. The van der Waals surface area contributed by atoms with Crippen LogP contribution in [0.3, 0.4) is 0 Å². The number of thioether (sulfide) groups is 1. The van der Waals surface area contributed by atoms with Crippen LogP contribution in [0.1, 0.15) is 18.2 Å². The molecule has 0 saturated carbocycles. The van der Waals surface area contributed by atoms with Gasteiger partial charge in [0.15, 0.2) is 0 Å². The molecule has 3 heterocycles. The molecule has 1 fully saturated rings. The van der Waals surface area contributed by atoms with Crippen LogP contribution in [0, 0.1) is 0 Å². The van der Waals surface area contributed by atoms with Crippen molar-refractivity contribution in [3.63, 3.8) is 0 Å². The zero-order valence-corrected chi connectivity index (χ0v) is 9.05. The second-order valence-electron chi connectivity index (χ2n) is 3.82. The van der Waals surface area contributed by atoms with E-state index in [-0.39, 0.29) is 5.50 Å². The molecule has 5 nitrogen and oxygen atoms in total. The number of nitrogens with two attached hydrogens (primary N) is 1. The Bertz CT molecular complexity index is 377. The topological polar surface area (TPSA) is 75.9 Å². The van der Waals surface area contributed by atoms with Crippen LogP contribution in [0.2, 0.25) is 0 Å². The van der Waals surface area contributed by atoms with Crippen molar-refractivity contribution in [3.8, 4) is 0 Å². The molecular weight excluding hydrogens is 210 g/mol. The number of hydrogen-bond donors (Lipinski definition) is 3. The Balaban J connectivity index is 1.89. The molecule has 0 aliphatic carbocycles. The predicted octanol–water partition coefficient (Wildman–Crippen LogP) is 0.313. The third-order valence-electron chi connectivity index (χ3n) is 2.73. The molecule has 0 aromatic carbocycles. The molecule has 80 valence electrons. The summed E-state index contributed by atoms with van der Waals surface area (Å²) in [6, 6.07) is 0. The smallest absolute Gasteiger partial charge is 0.134 e. The summed E-state index contributed by atoms with van der Waals surface area (Å²) in [6.07, 6.45) is 2.97. The van der Waals surface area contributed by atoms with Gasteiger partial charge < -0.3 is 16.4 Å². The molecule has 2 aliphatic heterocycles. The zero-order chi connectivity index (χ0) is 10.3. The van der Waals surface area contributed by atoms with Crippen molar-refractivity contribution in [1.82, 2.24) is 15.3 Å². The van der Waals surface area contributed by atoms with Gasteiger partial charge in [0, 0.05) is 12.5 Å². The maximum absolute atomic E-state index is 5.76. The Morgan fingerprint density at radius 3 is 3.27 bits per heavy atom. The molecule has 2 aliphatic rings. The molecule has 0 radical (unpaired) electrons. The molecule has 1 aromatic rings. The first-order valence-electron chi connectivity index (χ1n) is 5.09. The minimum Gasteiger partial charge on any atom is -0.358 e. The fourth-order valence-corrected chi connectivity index (χ4v) is 2.75. The summed E-state index contributed by atoms with van der Waals surface area (Å²) >= 11 is 1.56. The normalized spacial score (nSPS) is 28.9. The summed E-state index contributed by atoms with van der Waals surface area (Å²) in [5.41, 5.74) is 6.64. The van der Waals surface area contributed by atoms with Crippen molar-refractivity contribution >= 4 is 17.4 Å². The summed E-state index contributed by atoms with van der Waals surface area (Å²) in [6.45, 7) is 2.05. The maximum Gasteiger partial charge on any atom is 0.134 e. The number of nitrogens with one attached hydrogen (secondary N) is 2. The maximum atomic E-state index is 5.76. The first-order valence-corrected chi connectivity index (χ1v) is 5.97. The number of hydrogen-bond acceptors (Lipinski definition) is 6. The SMILES string of the molecule is NC1Nc2cnc(C3CCNC3)nc2S1. The van der Waals surface area contributed by atoms with Crippen molar-refractivity contribution in [3.05, 3.63) is 12.0 Å². The quantitative estimate of drug-likeness (QED) is 0.595. The van der Waals surface area contributed by atoms with Gasteiger partial charge in [-0.15, -0.1) is 0 Å². The highest BCUT2D eigenvalue weighted by atomic mass is 32.2. The second-order valence-corrected chi connectivity index (χ2v) is 4.95. The highest BCUT2D eigenvalue weighted by Gasteiger charge is 2.24. The lowest BCUT2D eigenvalue weighted by Crippen LogP contribution is -2.20. The molecule has 2 unspecified atom stereocenters. The molecule has 4 N–H and O–H groups in total. The van der Waals surface area contributed by atoms with Gasteiger partial charge in [0.25, 0.3) is 0 Å². The molecule has 6 heteroatoms. The van der Waals surface area contributed by atoms with E-state index in [2.05, 4.69) is 20.6 Å². The van der Waals surface area contributed by atoms with Crippen LogP contribution in [-0.4, -0.2) is 28.6 Å². The van der Waals surface area contributed by atoms with E-state index in [1.54, 1.807) is 11.8 Å². The molecule has 3 rings (SSSR count). The molecule has 0 spiro atoms. The highest BCUT2D eigenvalue weighted by Crippen LogP contribution is 2.35. The van der Waals surface area contributed by atoms with Crippen molar-refractivity contribution in [2.45, 2.75) is 22.9 Å². The number of anilines is 1. The van der Waals surface area contributed by atoms with Crippen molar-refractivity contribution < 1.29 is 0 Å². The standard InChI is InChI=1S/C9H13N5S/c10-9-13-6-4-12-7(14-8(6)15-9)5-1-2-11-3-5/h4-5,9,11,13H,1-3,10H2.